The van der Waals surface area contributed by atoms with Crippen molar-refractivity contribution >= 4 is 21.5 Å². The fraction of sp³-hybridized carbons (Fsp3) is 0.140. The number of fused-ring (bicyclic) bond motifs is 11. The zero-order valence-corrected chi connectivity index (χ0v) is 50.0. The van der Waals surface area contributed by atoms with E-state index >= 15 is 0 Å². The van der Waals surface area contributed by atoms with Gasteiger partial charge in [-0.3, -0.25) is 0 Å². The highest BCUT2D eigenvalue weighted by Gasteiger charge is 2.47. The van der Waals surface area contributed by atoms with Gasteiger partial charge in [-0.05, 0) is 201 Å². The maximum Gasteiger partial charge on any atom is 0.0713 e. The highest BCUT2D eigenvalue weighted by molar-refractivity contribution is 6.03. The summed E-state index contributed by atoms with van der Waals surface area (Å²) in [6.07, 6.45) is 2.79. The van der Waals surface area contributed by atoms with Gasteiger partial charge in [-0.15, -0.1) is 0 Å². The molecule has 0 heterocycles. The molecule has 0 aliphatic heterocycles. The molecule has 0 N–H and O–H groups in total. The third kappa shape index (κ3) is 7.75. The van der Waals surface area contributed by atoms with Gasteiger partial charge in [0, 0.05) is 10.8 Å². The summed E-state index contributed by atoms with van der Waals surface area (Å²) in [5.74, 6) is 0. The highest BCUT2D eigenvalue weighted by atomic mass is 14.5. The Bertz CT molecular complexity index is 4850. The van der Waals surface area contributed by atoms with Crippen LogP contribution in [0.4, 0.5) is 0 Å². The van der Waals surface area contributed by atoms with Gasteiger partial charge in [-0.2, -0.15) is 0 Å². The van der Waals surface area contributed by atoms with E-state index in [4.69, 9.17) is 0 Å². The molecule has 0 fully saturated rings. The predicted molar refractivity (Wildman–Crippen MR) is 363 cm³/mol. The van der Waals surface area contributed by atoms with E-state index in [0.29, 0.717) is 0 Å². The Kier molecular flexibility index (Phi) is 11.9. The Hall–Kier alpha value is -9.62. The molecule has 0 saturated carbocycles. The van der Waals surface area contributed by atoms with Crippen molar-refractivity contribution in [1.82, 2.24) is 0 Å². The summed E-state index contributed by atoms with van der Waals surface area (Å²) in [5, 5.41) is 5.28. The normalized spacial score (nSPS) is 15.5. The van der Waals surface area contributed by atoms with Crippen LogP contribution >= 0.6 is 0 Å². The van der Waals surface area contributed by atoms with E-state index in [2.05, 4.69) is 308 Å². The van der Waals surface area contributed by atoms with E-state index in [1.54, 1.807) is 0 Å². The minimum absolute atomic E-state index is 0.218. The molecule has 3 aliphatic carbocycles. The van der Waals surface area contributed by atoms with Gasteiger partial charge in [-0.25, -0.2) is 0 Å². The van der Waals surface area contributed by atoms with Crippen molar-refractivity contribution < 1.29 is 0 Å². The quantitative estimate of drug-likeness (QED) is 0.128. The van der Waals surface area contributed by atoms with E-state index in [-0.39, 0.29) is 10.8 Å². The van der Waals surface area contributed by atoms with Crippen LogP contribution in [-0.2, 0) is 35.5 Å². The first-order chi connectivity index (χ1) is 42.0. The van der Waals surface area contributed by atoms with E-state index in [0.717, 1.165) is 19.3 Å². The van der Waals surface area contributed by atoms with Crippen LogP contribution in [0.3, 0.4) is 0 Å². The van der Waals surface area contributed by atoms with Crippen LogP contribution in [0.2, 0.25) is 0 Å². The number of hydrogen-bond donors (Lipinski definition) is 0. The second kappa shape index (κ2) is 19.7. The first kappa shape index (κ1) is 52.0. The van der Waals surface area contributed by atoms with Crippen molar-refractivity contribution in [1.29, 1.82) is 0 Å². The number of benzene rings is 13. The lowest BCUT2D eigenvalue weighted by atomic mass is 9.67. The second-order valence-electron chi connectivity index (χ2n) is 25.8. The van der Waals surface area contributed by atoms with E-state index < -0.39 is 5.41 Å². The Morgan fingerprint density at radius 1 is 0.302 bits per heavy atom. The van der Waals surface area contributed by atoms with Crippen LogP contribution in [0.1, 0.15) is 98.7 Å². The van der Waals surface area contributed by atoms with Crippen molar-refractivity contribution in [2.75, 3.05) is 0 Å². The molecule has 0 heteroatoms. The lowest BCUT2D eigenvalue weighted by molar-refractivity contribution is 0.583. The summed E-state index contributed by atoms with van der Waals surface area (Å²) in [6.45, 7) is 14.0. The molecule has 0 saturated heterocycles. The van der Waals surface area contributed by atoms with Crippen molar-refractivity contribution in [2.24, 2.45) is 0 Å². The third-order valence-corrected chi connectivity index (χ3v) is 20.5. The Labute approximate surface area is 507 Å². The maximum atomic E-state index is 2.52. The van der Waals surface area contributed by atoms with Gasteiger partial charge in [0.15, 0.2) is 0 Å². The SMILES string of the molecule is Cc1ccc(C2(c3ccc(C)cc3)c3ccccc3-c3c(-c4ccc(CCc5ccc(-c6cccc7c6C(C)(C)c6cccc(CC8(C)c9ccccc9-c9ccc(-c%10ccc(C)c%11ccccc%10%11)cc98)c6-7)c6ccccc56)cc4)cccc32)cc1. The van der Waals surface area contributed by atoms with Crippen LogP contribution in [-0.4, -0.2) is 0 Å². The van der Waals surface area contributed by atoms with E-state index in [9.17, 15) is 0 Å². The van der Waals surface area contributed by atoms with Gasteiger partial charge in [0.2, 0.25) is 0 Å². The fourth-order valence-corrected chi connectivity index (χ4v) is 16.3. The Morgan fingerprint density at radius 2 is 0.837 bits per heavy atom. The molecule has 13 aromatic rings. The molecule has 13 aromatic carbocycles. The van der Waals surface area contributed by atoms with Crippen LogP contribution < -0.4 is 0 Å². The molecule has 0 spiro atoms. The highest BCUT2D eigenvalue weighted by Crippen LogP contribution is 2.60. The molecular weight excluding hydrogens is 1030 g/mol. The number of rotatable bonds is 10. The molecule has 86 heavy (non-hydrogen) atoms. The molecule has 1 atom stereocenters. The van der Waals surface area contributed by atoms with Gasteiger partial charge < -0.3 is 0 Å². The topological polar surface area (TPSA) is 0 Å². The van der Waals surface area contributed by atoms with Crippen LogP contribution in [0, 0.1) is 20.8 Å². The predicted octanol–water partition coefficient (Wildman–Crippen LogP) is 21.9. The second-order valence-corrected chi connectivity index (χ2v) is 25.8. The van der Waals surface area contributed by atoms with Crippen molar-refractivity contribution in [3.8, 4) is 66.8 Å². The Balaban J connectivity index is 0.720. The first-order valence-electron chi connectivity index (χ1n) is 31.0. The van der Waals surface area contributed by atoms with Crippen LogP contribution in [0.15, 0.2) is 267 Å². The van der Waals surface area contributed by atoms with Gasteiger partial charge in [0.05, 0.1) is 5.41 Å². The zero-order valence-electron chi connectivity index (χ0n) is 50.0. The van der Waals surface area contributed by atoms with Gasteiger partial charge in [-0.1, -0.05) is 293 Å². The minimum Gasteiger partial charge on any atom is -0.0619 e. The number of hydrogen-bond acceptors (Lipinski definition) is 0. The molecule has 412 valence electrons. The molecule has 16 rings (SSSR count). The largest absolute Gasteiger partial charge is 0.0713 e. The molecule has 1 unspecified atom stereocenters. The summed E-state index contributed by atoms with van der Waals surface area (Å²) >= 11 is 0. The maximum absolute atomic E-state index is 2.52. The zero-order chi connectivity index (χ0) is 58.1. The summed E-state index contributed by atoms with van der Waals surface area (Å²) in [6, 6.07) is 102. The third-order valence-electron chi connectivity index (χ3n) is 20.5. The molecule has 0 radical (unpaired) electrons. The van der Waals surface area contributed by atoms with Gasteiger partial charge in [0.1, 0.15) is 0 Å². The minimum atomic E-state index is -0.437. The molecule has 0 nitrogen and oxygen atoms in total. The molecule has 3 aliphatic rings. The van der Waals surface area contributed by atoms with Crippen LogP contribution in [0.5, 0.6) is 0 Å². The monoisotopic (exact) mass is 1100 g/mol. The first-order valence-corrected chi connectivity index (χ1v) is 31.0. The van der Waals surface area contributed by atoms with Crippen LogP contribution in [0.25, 0.3) is 88.3 Å². The lowest BCUT2D eigenvalue weighted by Crippen LogP contribution is -2.28. The van der Waals surface area contributed by atoms with Gasteiger partial charge >= 0.3 is 0 Å². The van der Waals surface area contributed by atoms with Crippen molar-refractivity contribution in [3.05, 3.63) is 345 Å². The summed E-state index contributed by atoms with van der Waals surface area (Å²) in [4.78, 5) is 0. The summed E-state index contributed by atoms with van der Waals surface area (Å²) < 4.78 is 0. The average molecular weight is 1100 g/mol. The average Bonchev–Trinajstić information content (AvgIpc) is 1.56. The Morgan fingerprint density at radius 3 is 1.58 bits per heavy atom. The number of aryl methyl sites for hydroxylation is 5. The lowest BCUT2D eigenvalue weighted by Gasteiger charge is -2.34. The molecule has 0 aromatic heterocycles. The van der Waals surface area contributed by atoms with E-state index in [1.165, 1.54) is 166 Å². The van der Waals surface area contributed by atoms with E-state index in [1.807, 2.05) is 0 Å². The van der Waals surface area contributed by atoms with Crippen molar-refractivity contribution in [3.63, 3.8) is 0 Å². The molecular formula is C86H68. The van der Waals surface area contributed by atoms with Crippen molar-refractivity contribution in [2.45, 2.75) is 77.0 Å². The smallest absolute Gasteiger partial charge is 0.0619 e. The summed E-state index contributed by atoms with van der Waals surface area (Å²) in [7, 11) is 0. The molecule has 0 amide bonds. The van der Waals surface area contributed by atoms with Gasteiger partial charge in [0.25, 0.3) is 0 Å². The fourth-order valence-electron chi connectivity index (χ4n) is 16.3. The standard InChI is InChI=1S/C86H68/c1-54-32-45-62(46-33-54)86(63-47-34-55(2)35-48-63)77-29-14-12-24-74(77)82-67(25-17-31-79(82)86)59-41-38-57(39-42-59)37-40-58-43-50-70(69-22-10-8-20-65(58)69)73-26-16-27-75-81-61(18-15-30-78(81)84(4,5)83(73)75)53-85(6)76-28-13-11-23-71(76)72-51-44-60(52-80(72)85)66-49-36-56(3)64-19-7-9-21-68(64)66/h7-36,38-39,41-52H,37,40,53H2,1-6H3. The molecule has 0 bridgehead atoms. The summed E-state index contributed by atoms with van der Waals surface area (Å²) in [5.41, 5.74) is 33.9.